The van der Waals surface area contributed by atoms with Crippen molar-refractivity contribution in [3.05, 3.63) is 74.9 Å². The lowest BCUT2D eigenvalue weighted by Gasteiger charge is -2.30. The minimum Gasteiger partial charge on any atom is -0.490 e. The molecule has 0 aliphatic carbocycles. The Balaban J connectivity index is 1.65. The summed E-state index contributed by atoms with van der Waals surface area (Å²) in [5.74, 6) is 1.14. The number of anilines is 1. The van der Waals surface area contributed by atoms with E-state index >= 15 is 0 Å². The van der Waals surface area contributed by atoms with Crippen LogP contribution < -0.4 is 20.9 Å². The first-order valence-corrected chi connectivity index (χ1v) is 12.7. The van der Waals surface area contributed by atoms with Crippen LogP contribution in [0.4, 0.5) is 5.69 Å². The summed E-state index contributed by atoms with van der Waals surface area (Å²) in [6.07, 6.45) is 0. The van der Waals surface area contributed by atoms with E-state index in [1.54, 1.807) is 29.2 Å². The number of hydrogen-bond donors (Lipinski definition) is 0. The maximum absolute atomic E-state index is 13.6. The van der Waals surface area contributed by atoms with E-state index in [-0.39, 0.29) is 18.1 Å². The van der Waals surface area contributed by atoms with Gasteiger partial charge in [0, 0.05) is 0 Å². The molecule has 0 atom stereocenters. The summed E-state index contributed by atoms with van der Waals surface area (Å²) in [5.41, 5.74) is 1.36. The highest BCUT2D eigenvalue weighted by atomic mass is 32.2. The lowest BCUT2D eigenvalue weighted by molar-refractivity contribution is -0.119. The fraction of sp³-hybridized carbons (Fsp3) is 0.250. The third-order valence-electron chi connectivity index (χ3n) is 5.52. The highest BCUT2D eigenvalue weighted by Crippen LogP contribution is 2.33. The number of rotatable bonds is 5. The molecule has 10 heteroatoms. The van der Waals surface area contributed by atoms with Gasteiger partial charge in [-0.05, 0) is 42.5 Å². The second-order valence-corrected chi connectivity index (χ2v) is 10.3. The SMILES string of the molecule is CCSc1nc2c(s1)c(=O)n(-c1ccccc1)c(=O)n2CC(=O)N1CCOc2ccc(C)cc21. The smallest absolute Gasteiger partial charge is 0.337 e. The van der Waals surface area contributed by atoms with Crippen molar-refractivity contribution < 1.29 is 9.53 Å². The molecule has 34 heavy (non-hydrogen) atoms. The second-order valence-electron chi connectivity index (χ2n) is 7.78. The number of thioether (sulfide) groups is 1. The van der Waals surface area contributed by atoms with Crippen molar-refractivity contribution in [1.82, 2.24) is 14.1 Å². The molecule has 2 aromatic heterocycles. The Morgan fingerprint density at radius 3 is 2.74 bits per heavy atom. The summed E-state index contributed by atoms with van der Waals surface area (Å²) in [4.78, 5) is 46.6. The number of carbonyl (C=O) groups excluding carboxylic acids is 1. The van der Waals surface area contributed by atoms with Crippen molar-refractivity contribution in [1.29, 1.82) is 0 Å². The minimum atomic E-state index is -0.590. The zero-order valence-electron chi connectivity index (χ0n) is 18.7. The Hall–Kier alpha value is -3.37. The van der Waals surface area contributed by atoms with Crippen LogP contribution in [0, 0.1) is 6.92 Å². The van der Waals surface area contributed by atoms with Gasteiger partial charge in [-0.1, -0.05) is 43.0 Å². The molecule has 0 unspecified atom stereocenters. The number of benzene rings is 2. The maximum Gasteiger partial charge on any atom is 0.337 e. The van der Waals surface area contributed by atoms with Crippen molar-refractivity contribution in [2.24, 2.45) is 0 Å². The predicted molar refractivity (Wildman–Crippen MR) is 135 cm³/mol. The third kappa shape index (κ3) is 3.92. The van der Waals surface area contributed by atoms with Crippen LogP contribution in [0.5, 0.6) is 5.75 Å². The fourth-order valence-electron chi connectivity index (χ4n) is 3.95. The molecule has 8 nitrogen and oxygen atoms in total. The average molecular weight is 495 g/mol. The summed E-state index contributed by atoms with van der Waals surface area (Å²) in [7, 11) is 0. The van der Waals surface area contributed by atoms with Gasteiger partial charge in [0.2, 0.25) is 5.91 Å². The molecular formula is C24H22N4O4S2. The van der Waals surface area contributed by atoms with E-state index in [0.717, 1.165) is 15.9 Å². The Morgan fingerprint density at radius 1 is 1.18 bits per heavy atom. The third-order valence-corrected chi connectivity index (χ3v) is 7.58. The van der Waals surface area contributed by atoms with Crippen molar-refractivity contribution in [2.75, 3.05) is 23.8 Å². The van der Waals surface area contributed by atoms with E-state index in [4.69, 9.17) is 4.74 Å². The standard InChI is InChI=1S/C24H22N4O4S2/c1-3-33-23-25-21-20(34-23)22(30)28(16-7-5-4-6-8-16)24(31)27(21)14-19(29)26-11-12-32-18-10-9-15(2)13-17(18)26/h4-10,13H,3,11-12,14H2,1-2H3. The summed E-state index contributed by atoms with van der Waals surface area (Å²) in [6, 6.07) is 14.4. The largest absolute Gasteiger partial charge is 0.490 e. The van der Waals surface area contributed by atoms with Gasteiger partial charge in [-0.3, -0.25) is 14.2 Å². The molecule has 174 valence electrons. The minimum absolute atomic E-state index is 0.240. The van der Waals surface area contributed by atoms with Crippen LogP contribution in [0.25, 0.3) is 16.0 Å². The number of thiazole rings is 1. The first kappa shape index (κ1) is 22.4. The van der Waals surface area contributed by atoms with Gasteiger partial charge in [-0.25, -0.2) is 14.3 Å². The molecular weight excluding hydrogens is 472 g/mol. The second kappa shape index (κ2) is 9.11. The van der Waals surface area contributed by atoms with Crippen LogP contribution in [0.3, 0.4) is 0 Å². The van der Waals surface area contributed by atoms with Crippen molar-refractivity contribution in [2.45, 2.75) is 24.7 Å². The van der Waals surface area contributed by atoms with E-state index in [2.05, 4.69) is 4.98 Å². The Kier molecular flexibility index (Phi) is 6.01. The number of aryl methyl sites for hydroxylation is 1. The molecule has 0 radical (unpaired) electrons. The fourth-order valence-corrected chi connectivity index (χ4v) is 5.92. The zero-order chi connectivity index (χ0) is 23.8. The van der Waals surface area contributed by atoms with Crippen LogP contribution in [0.1, 0.15) is 12.5 Å². The molecule has 3 heterocycles. The molecule has 1 aliphatic rings. The highest BCUT2D eigenvalue weighted by molar-refractivity contribution is 8.01. The highest BCUT2D eigenvalue weighted by Gasteiger charge is 2.27. The van der Waals surface area contributed by atoms with E-state index < -0.39 is 11.2 Å². The number of fused-ring (bicyclic) bond motifs is 2. The lowest BCUT2D eigenvalue weighted by Crippen LogP contribution is -2.44. The van der Waals surface area contributed by atoms with Crippen LogP contribution in [0.15, 0.2) is 62.5 Å². The zero-order valence-corrected chi connectivity index (χ0v) is 20.3. The van der Waals surface area contributed by atoms with Crippen LogP contribution in [0.2, 0.25) is 0 Å². The number of carbonyl (C=O) groups is 1. The Bertz CT molecular complexity index is 1510. The summed E-state index contributed by atoms with van der Waals surface area (Å²) in [5, 5.41) is 0. The van der Waals surface area contributed by atoms with E-state index in [9.17, 15) is 14.4 Å². The van der Waals surface area contributed by atoms with Gasteiger partial charge in [-0.2, -0.15) is 0 Å². The van der Waals surface area contributed by atoms with Crippen molar-refractivity contribution in [3.63, 3.8) is 0 Å². The monoisotopic (exact) mass is 494 g/mol. The normalized spacial score (nSPS) is 13.1. The van der Waals surface area contributed by atoms with E-state index in [0.29, 0.717) is 39.3 Å². The molecule has 0 saturated carbocycles. The van der Waals surface area contributed by atoms with Gasteiger partial charge in [-0.15, -0.1) is 11.3 Å². The number of para-hydroxylation sites is 1. The molecule has 1 amide bonds. The van der Waals surface area contributed by atoms with E-state index in [1.165, 1.54) is 27.7 Å². The van der Waals surface area contributed by atoms with Gasteiger partial charge in [0.25, 0.3) is 5.56 Å². The molecule has 0 bridgehead atoms. The topological polar surface area (TPSA) is 86.4 Å². The number of aromatic nitrogens is 3. The summed E-state index contributed by atoms with van der Waals surface area (Å²) in [6.45, 7) is 4.44. The molecule has 2 aromatic carbocycles. The van der Waals surface area contributed by atoms with Crippen LogP contribution in [-0.4, -0.2) is 38.9 Å². The summed E-state index contributed by atoms with van der Waals surface area (Å²) < 4.78 is 9.17. The van der Waals surface area contributed by atoms with Crippen LogP contribution >= 0.6 is 23.1 Å². The van der Waals surface area contributed by atoms with Gasteiger partial charge in [0.05, 0.1) is 17.9 Å². The van der Waals surface area contributed by atoms with Gasteiger partial charge in [0.15, 0.2) is 9.99 Å². The number of nitrogens with zero attached hydrogens (tertiary/aromatic N) is 4. The van der Waals surface area contributed by atoms with Crippen molar-refractivity contribution >= 4 is 45.0 Å². The Morgan fingerprint density at radius 2 is 1.97 bits per heavy atom. The quantitative estimate of drug-likeness (QED) is 0.395. The predicted octanol–water partition coefficient (Wildman–Crippen LogP) is 3.45. The molecule has 0 spiro atoms. The lowest BCUT2D eigenvalue weighted by atomic mass is 10.1. The van der Waals surface area contributed by atoms with Gasteiger partial charge >= 0.3 is 5.69 Å². The summed E-state index contributed by atoms with van der Waals surface area (Å²) >= 11 is 2.74. The molecule has 0 saturated heterocycles. The molecule has 1 aliphatic heterocycles. The molecule has 0 fully saturated rings. The number of amides is 1. The maximum atomic E-state index is 13.6. The average Bonchev–Trinajstić information content (AvgIpc) is 3.26. The van der Waals surface area contributed by atoms with E-state index in [1.807, 2.05) is 38.1 Å². The number of ether oxygens (including phenoxy) is 1. The van der Waals surface area contributed by atoms with Crippen LogP contribution in [-0.2, 0) is 11.3 Å². The van der Waals surface area contributed by atoms with Crippen molar-refractivity contribution in [3.8, 4) is 11.4 Å². The first-order valence-electron chi connectivity index (χ1n) is 10.9. The van der Waals surface area contributed by atoms with Gasteiger partial charge < -0.3 is 9.64 Å². The molecule has 0 N–H and O–H groups in total. The Labute approximate surface area is 203 Å². The van der Waals surface area contributed by atoms with Gasteiger partial charge in [0.1, 0.15) is 23.6 Å². The number of hydrogen-bond acceptors (Lipinski definition) is 7. The first-order chi connectivity index (χ1) is 16.5. The molecule has 5 rings (SSSR count). The molecule has 4 aromatic rings.